The van der Waals surface area contributed by atoms with E-state index in [4.69, 9.17) is 5.26 Å². The summed E-state index contributed by atoms with van der Waals surface area (Å²) in [5, 5.41) is 11.5. The first-order valence-corrected chi connectivity index (χ1v) is 7.73. The molecule has 0 aliphatic carbocycles. The van der Waals surface area contributed by atoms with Crippen LogP contribution < -0.4 is 5.32 Å². The number of nitrogens with zero attached hydrogens (tertiary/aromatic N) is 2. The second-order valence-electron chi connectivity index (χ2n) is 5.56. The number of rotatable bonds is 4. The highest BCUT2D eigenvalue weighted by atomic mass is 16.2. The van der Waals surface area contributed by atoms with Crippen LogP contribution in [0.25, 0.3) is 0 Å². The summed E-state index contributed by atoms with van der Waals surface area (Å²) < 4.78 is 0. The van der Waals surface area contributed by atoms with Gasteiger partial charge in [-0.2, -0.15) is 5.26 Å². The van der Waals surface area contributed by atoms with E-state index < -0.39 is 0 Å². The van der Waals surface area contributed by atoms with Crippen LogP contribution in [0.2, 0.25) is 0 Å². The highest BCUT2D eigenvalue weighted by molar-refractivity contribution is 6.03. The second kappa shape index (κ2) is 7.60. The van der Waals surface area contributed by atoms with E-state index in [9.17, 15) is 9.59 Å². The highest BCUT2D eigenvalue weighted by Crippen LogP contribution is 2.20. The molecule has 1 fully saturated rings. The Morgan fingerprint density at radius 3 is 2.95 bits per heavy atom. The number of nitrogens with one attached hydrogen (secondary N) is 1. The number of anilines is 1. The molecule has 1 atom stereocenters. The van der Waals surface area contributed by atoms with Gasteiger partial charge in [-0.25, -0.2) is 0 Å². The van der Waals surface area contributed by atoms with Crippen molar-refractivity contribution in [2.45, 2.75) is 45.1 Å². The van der Waals surface area contributed by atoms with Crippen LogP contribution >= 0.6 is 0 Å². The molecule has 0 saturated carbocycles. The van der Waals surface area contributed by atoms with Gasteiger partial charge in [-0.05, 0) is 43.9 Å². The fourth-order valence-electron chi connectivity index (χ4n) is 2.86. The number of carbonyl (C=O) groups excluding carboxylic acids is 2. The third-order valence-electron chi connectivity index (χ3n) is 4.01. The van der Waals surface area contributed by atoms with Crippen LogP contribution in [0.1, 0.15) is 44.6 Å². The molecule has 0 bridgehead atoms. The van der Waals surface area contributed by atoms with Gasteiger partial charge in [-0.1, -0.05) is 13.0 Å². The average Bonchev–Trinajstić information content (AvgIpc) is 2.54. The predicted octanol–water partition coefficient (Wildman–Crippen LogP) is 2.68. The maximum Gasteiger partial charge on any atom is 0.233 e. The molecule has 116 valence electrons. The fraction of sp³-hybridized carbons (Fsp3) is 0.471. The van der Waals surface area contributed by atoms with E-state index in [1.54, 1.807) is 24.3 Å². The minimum absolute atomic E-state index is 0.111. The summed E-state index contributed by atoms with van der Waals surface area (Å²) in [7, 11) is 0. The minimum Gasteiger partial charge on any atom is -0.339 e. The van der Waals surface area contributed by atoms with Gasteiger partial charge in [0.2, 0.25) is 11.8 Å². The number of likely N-dealkylation sites (tertiary alicyclic amines) is 1. The highest BCUT2D eigenvalue weighted by Gasteiger charge is 2.26. The Balaban J connectivity index is 1.93. The van der Waals surface area contributed by atoms with Crippen molar-refractivity contribution < 1.29 is 9.59 Å². The van der Waals surface area contributed by atoms with Crippen LogP contribution in [0.15, 0.2) is 24.3 Å². The predicted molar refractivity (Wildman–Crippen MR) is 84.0 cm³/mol. The van der Waals surface area contributed by atoms with Gasteiger partial charge in [0.15, 0.2) is 0 Å². The monoisotopic (exact) mass is 299 g/mol. The molecule has 1 saturated heterocycles. The van der Waals surface area contributed by atoms with Crippen molar-refractivity contribution in [3.63, 3.8) is 0 Å². The van der Waals surface area contributed by atoms with Crippen molar-refractivity contribution in [3.8, 4) is 6.07 Å². The molecule has 0 spiro atoms. The first kappa shape index (κ1) is 16.0. The van der Waals surface area contributed by atoms with E-state index in [0.29, 0.717) is 11.3 Å². The Bertz CT molecular complexity index is 592. The first-order chi connectivity index (χ1) is 10.6. The van der Waals surface area contributed by atoms with E-state index in [1.165, 1.54) is 0 Å². The molecule has 22 heavy (non-hydrogen) atoms. The van der Waals surface area contributed by atoms with Gasteiger partial charge in [0, 0.05) is 18.3 Å². The van der Waals surface area contributed by atoms with Gasteiger partial charge in [0.25, 0.3) is 0 Å². The van der Waals surface area contributed by atoms with Gasteiger partial charge in [-0.15, -0.1) is 0 Å². The lowest BCUT2D eigenvalue weighted by Gasteiger charge is -2.35. The summed E-state index contributed by atoms with van der Waals surface area (Å²) in [6, 6.07) is 8.95. The fourth-order valence-corrected chi connectivity index (χ4v) is 2.86. The minimum atomic E-state index is -0.333. The Morgan fingerprint density at radius 1 is 1.41 bits per heavy atom. The molecule has 1 aliphatic rings. The van der Waals surface area contributed by atoms with Gasteiger partial charge in [0.1, 0.15) is 6.42 Å². The van der Waals surface area contributed by atoms with Crippen LogP contribution in [-0.4, -0.2) is 29.3 Å². The summed E-state index contributed by atoms with van der Waals surface area (Å²) in [6.45, 7) is 2.82. The standard InChI is InChI=1S/C17H21N3O2/c1-2-15-8-3-4-9-20(15)17(22)11-16(21)19-14-7-5-6-13(10-14)12-18/h5-7,10,15H,2-4,8-9,11H2,1H3,(H,19,21). The molecule has 1 aromatic carbocycles. The zero-order valence-electron chi connectivity index (χ0n) is 12.8. The molecule has 1 aromatic rings. The molecule has 5 nitrogen and oxygen atoms in total. The lowest BCUT2D eigenvalue weighted by Crippen LogP contribution is -2.44. The normalized spacial score (nSPS) is 17.6. The summed E-state index contributed by atoms with van der Waals surface area (Å²) in [6.07, 6.45) is 3.96. The zero-order chi connectivity index (χ0) is 15.9. The topological polar surface area (TPSA) is 73.2 Å². The Morgan fingerprint density at radius 2 is 2.23 bits per heavy atom. The van der Waals surface area contributed by atoms with Crippen LogP contribution in [0, 0.1) is 11.3 Å². The van der Waals surface area contributed by atoms with E-state index in [2.05, 4.69) is 12.2 Å². The van der Waals surface area contributed by atoms with Gasteiger partial charge in [-0.3, -0.25) is 9.59 Å². The summed E-state index contributed by atoms with van der Waals surface area (Å²) in [4.78, 5) is 26.2. The summed E-state index contributed by atoms with van der Waals surface area (Å²) in [5.74, 6) is -0.444. The molecule has 1 N–H and O–H groups in total. The molecule has 0 aromatic heterocycles. The summed E-state index contributed by atoms with van der Waals surface area (Å²) >= 11 is 0. The number of piperidine rings is 1. The van der Waals surface area contributed by atoms with Crippen LogP contribution in [0.3, 0.4) is 0 Å². The van der Waals surface area contributed by atoms with Crippen molar-refractivity contribution >= 4 is 17.5 Å². The van der Waals surface area contributed by atoms with Crippen LogP contribution in [0.4, 0.5) is 5.69 Å². The number of amides is 2. The lowest BCUT2D eigenvalue weighted by molar-refractivity contribution is -0.137. The van der Waals surface area contributed by atoms with Crippen molar-refractivity contribution in [3.05, 3.63) is 29.8 Å². The smallest absolute Gasteiger partial charge is 0.233 e. The average molecular weight is 299 g/mol. The van der Waals surface area contributed by atoms with Gasteiger partial charge >= 0.3 is 0 Å². The SMILES string of the molecule is CCC1CCCCN1C(=O)CC(=O)Nc1cccc(C#N)c1. The molecular weight excluding hydrogens is 278 g/mol. The van der Waals surface area contributed by atoms with Crippen molar-refractivity contribution in [1.29, 1.82) is 5.26 Å². The maximum atomic E-state index is 12.3. The Kier molecular flexibility index (Phi) is 5.54. The molecule has 2 amide bonds. The number of hydrogen-bond donors (Lipinski definition) is 1. The van der Waals surface area contributed by atoms with Crippen LogP contribution in [0.5, 0.6) is 0 Å². The van der Waals surface area contributed by atoms with E-state index in [1.807, 2.05) is 11.0 Å². The second-order valence-corrected chi connectivity index (χ2v) is 5.56. The molecular formula is C17H21N3O2. The number of benzene rings is 1. The quantitative estimate of drug-likeness (QED) is 0.869. The Labute approximate surface area is 130 Å². The van der Waals surface area contributed by atoms with Crippen molar-refractivity contribution in [2.24, 2.45) is 0 Å². The van der Waals surface area contributed by atoms with E-state index in [0.717, 1.165) is 32.2 Å². The molecule has 1 aliphatic heterocycles. The molecule has 1 heterocycles. The number of nitriles is 1. The molecule has 2 rings (SSSR count). The molecule has 5 heteroatoms. The third-order valence-corrected chi connectivity index (χ3v) is 4.01. The summed E-state index contributed by atoms with van der Waals surface area (Å²) in [5.41, 5.74) is 1.02. The zero-order valence-corrected chi connectivity index (χ0v) is 12.8. The lowest BCUT2D eigenvalue weighted by atomic mass is 9.99. The molecule has 1 unspecified atom stereocenters. The number of hydrogen-bond acceptors (Lipinski definition) is 3. The third kappa shape index (κ3) is 4.08. The molecule has 0 radical (unpaired) electrons. The Hall–Kier alpha value is -2.35. The largest absolute Gasteiger partial charge is 0.339 e. The van der Waals surface area contributed by atoms with E-state index >= 15 is 0 Å². The van der Waals surface area contributed by atoms with Crippen molar-refractivity contribution in [1.82, 2.24) is 4.90 Å². The first-order valence-electron chi connectivity index (χ1n) is 7.73. The van der Waals surface area contributed by atoms with Gasteiger partial charge in [0.05, 0.1) is 11.6 Å². The van der Waals surface area contributed by atoms with E-state index in [-0.39, 0.29) is 24.3 Å². The maximum absolute atomic E-state index is 12.3. The van der Waals surface area contributed by atoms with Gasteiger partial charge < -0.3 is 10.2 Å². The van der Waals surface area contributed by atoms with Crippen LogP contribution in [-0.2, 0) is 9.59 Å². The number of carbonyl (C=O) groups is 2. The van der Waals surface area contributed by atoms with Crippen molar-refractivity contribution in [2.75, 3.05) is 11.9 Å².